The number of quaternary nitrogens is 1. The van der Waals surface area contributed by atoms with E-state index in [1.54, 1.807) is 31.3 Å². The van der Waals surface area contributed by atoms with Crippen molar-refractivity contribution in [1.82, 2.24) is 4.90 Å². The maximum atomic E-state index is 13.3. The van der Waals surface area contributed by atoms with Gasteiger partial charge in [-0.25, -0.2) is 4.39 Å². The minimum atomic E-state index is -0.384. The van der Waals surface area contributed by atoms with Gasteiger partial charge in [0.25, 0.3) is 5.91 Å². The van der Waals surface area contributed by atoms with Crippen LogP contribution in [0.25, 0.3) is 0 Å². The summed E-state index contributed by atoms with van der Waals surface area (Å²) in [6, 6.07) is 11.7. The topological polar surface area (TPSA) is 43.2 Å². The van der Waals surface area contributed by atoms with Gasteiger partial charge in [-0.15, -0.1) is 0 Å². The van der Waals surface area contributed by atoms with E-state index in [4.69, 9.17) is 9.47 Å². The third kappa shape index (κ3) is 4.14. The van der Waals surface area contributed by atoms with Gasteiger partial charge in [-0.3, -0.25) is 4.79 Å². The molecule has 0 atom stereocenters. The largest absolute Gasteiger partial charge is 0.497 e. The van der Waals surface area contributed by atoms with Gasteiger partial charge in [0, 0.05) is 5.56 Å². The number of hydrogen-bond donors (Lipinski definition) is 1. The average molecular weight is 359 g/mol. The van der Waals surface area contributed by atoms with Crippen LogP contribution in [0.1, 0.15) is 15.9 Å². The molecule has 2 aromatic carbocycles. The Bertz CT molecular complexity index is 773. The molecule has 1 saturated heterocycles. The van der Waals surface area contributed by atoms with Gasteiger partial charge in [-0.2, -0.15) is 0 Å². The number of nitrogens with one attached hydrogen (secondary N) is 1. The Labute approximate surface area is 152 Å². The lowest BCUT2D eigenvalue weighted by Crippen LogP contribution is -3.13. The highest BCUT2D eigenvalue weighted by Crippen LogP contribution is 2.23. The molecule has 26 heavy (non-hydrogen) atoms. The normalized spacial score (nSPS) is 15.0. The van der Waals surface area contributed by atoms with Crippen molar-refractivity contribution in [2.24, 2.45) is 0 Å². The summed E-state index contributed by atoms with van der Waals surface area (Å²) in [6.45, 7) is 3.78. The number of piperazine rings is 1. The quantitative estimate of drug-likeness (QED) is 0.877. The number of hydrogen-bond acceptors (Lipinski definition) is 3. The minimum absolute atomic E-state index is 0.109. The second-order valence-corrected chi connectivity index (χ2v) is 6.41. The molecule has 0 saturated carbocycles. The molecule has 1 amide bonds. The molecule has 5 nitrogen and oxygen atoms in total. The lowest BCUT2D eigenvalue weighted by Gasteiger charge is -2.32. The van der Waals surface area contributed by atoms with E-state index in [0.29, 0.717) is 18.7 Å². The highest BCUT2D eigenvalue weighted by Gasteiger charge is 2.25. The molecular weight excluding hydrogens is 335 g/mol. The molecule has 2 aromatic rings. The van der Waals surface area contributed by atoms with Gasteiger partial charge in [0.1, 0.15) is 23.9 Å². The summed E-state index contributed by atoms with van der Waals surface area (Å²) >= 11 is 0. The lowest BCUT2D eigenvalue weighted by atomic mass is 10.1. The second-order valence-electron chi connectivity index (χ2n) is 6.41. The number of halogens is 1. The van der Waals surface area contributed by atoms with Crippen LogP contribution in [-0.4, -0.2) is 51.2 Å². The number of carbonyl (C=O) groups is 1. The van der Waals surface area contributed by atoms with Crippen molar-refractivity contribution < 1.29 is 23.6 Å². The number of methoxy groups -OCH3 is 2. The molecule has 1 aliphatic rings. The molecule has 138 valence electrons. The van der Waals surface area contributed by atoms with E-state index >= 15 is 0 Å². The lowest BCUT2D eigenvalue weighted by molar-refractivity contribution is -0.917. The Morgan fingerprint density at radius 2 is 1.88 bits per heavy atom. The summed E-state index contributed by atoms with van der Waals surface area (Å²) in [5.41, 5.74) is 1.50. The summed E-state index contributed by atoms with van der Waals surface area (Å²) in [7, 11) is 3.31. The van der Waals surface area contributed by atoms with Crippen LogP contribution in [0.3, 0.4) is 0 Å². The van der Waals surface area contributed by atoms with Gasteiger partial charge in [0.15, 0.2) is 0 Å². The van der Waals surface area contributed by atoms with E-state index in [0.717, 1.165) is 36.7 Å². The molecular formula is C20H24FN2O3+. The number of nitrogens with zero attached hydrogens (tertiary/aromatic N) is 1. The van der Waals surface area contributed by atoms with E-state index in [2.05, 4.69) is 0 Å². The second kappa shape index (κ2) is 8.19. The SMILES string of the molecule is COc1ccc(OC)c(C[NH+]2CCN(C(=O)c3cccc(F)c3)CC2)c1. The van der Waals surface area contributed by atoms with Gasteiger partial charge >= 0.3 is 0 Å². The van der Waals surface area contributed by atoms with E-state index < -0.39 is 0 Å². The molecule has 0 aromatic heterocycles. The summed E-state index contributed by atoms with van der Waals surface area (Å²) in [4.78, 5) is 15.7. The molecule has 0 radical (unpaired) electrons. The molecule has 1 aliphatic heterocycles. The molecule has 1 N–H and O–H groups in total. The van der Waals surface area contributed by atoms with Crippen molar-refractivity contribution in [2.45, 2.75) is 6.54 Å². The highest BCUT2D eigenvalue weighted by molar-refractivity contribution is 5.94. The van der Waals surface area contributed by atoms with Crippen LogP contribution in [0.4, 0.5) is 4.39 Å². The number of benzene rings is 2. The van der Waals surface area contributed by atoms with Gasteiger partial charge in [-0.1, -0.05) is 6.07 Å². The molecule has 6 heteroatoms. The Balaban J connectivity index is 1.61. The fraction of sp³-hybridized carbons (Fsp3) is 0.350. The minimum Gasteiger partial charge on any atom is -0.497 e. The zero-order chi connectivity index (χ0) is 18.5. The zero-order valence-corrected chi connectivity index (χ0v) is 15.1. The third-order valence-corrected chi connectivity index (χ3v) is 4.76. The van der Waals surface area contributed by atoms with Crippen molar-refractivity contribution >= 4 is 5.91 Å². The zero-order valence-electron chi connectivity index (χ0n) is 15.1. The number of amides is 1. The maximum absolute atomic E-state index is 13.3. The van der Waals surface area contributed by atoms with Crippen LogP contribution < -0.4 is 14.4 Å². The molecule has 0 unspecified atom stereocenters. The first-order valence-corrected chi connectivity index (χ1v) is 8.70. The van der Waals surface area contributed by atoms with E-state index in [9.17, 15) is 9.18 Å². The van der Waals surface area contributed by atoms with E-state index in [1.165, 1.54) is 17.0 Å². The van der Waals surface area contributed by atoms with Gasteiger partial charge in [-0.05, 0) is 36.4 Å². The number of rotatable bonds is 5. The smallest absolute Gasteiger partial charge is 0.254 e. The molecule has 3 rings (SSSR count). The fourth-order valence-corrected chi connectivity index (χ4v) is 3.30. The Morgan fingerprint density at radius 3 is 2.54 bits per heavy atom. The van der Waals surface area contributed by atoms with Crippen LogP contribution in [0.2, 0.25) is 0 Å². The summed E-state index contributed by atoms with van der Waals surface area (Å²) < 4.78 is 24.1. The van der Waals surface area contributed by atoms with Crippen molar-refractivity contribution in [2.75, 3.05) is 40.4 Å². The van der Waals surface area contributed by atoms with E-state index in [-0.39, 0.29) is 11.7 Å². The maximum Gasteiger partial charge on any atom is 0.254 e. The van der Waals surface area contributed by atoms with Crippen molar-refractivity contribution in [3.8, 4) is 11.5 Å². The predicted octanol–water partition coefficient (Wildman–Crippen LogP) is 1.38. The van der Waals surface area contributed by atoms with Crippen molar-refractivity contribution in [3.05, 3.63) is 59.4 Å². The summed E-state index contributed by atoms with van der Waals surface area (Å²) in [5.74, 6) is 1.16. The first-order chi connectivity index (χ1) is 12.6. The fourth-order valence-electron chi connectivity index (χ4n) is 3.30. The van der Waals surface area contributed by atoms with Gasteiger partial charge < -0.3 is 19.3 Å². The predicted molar refractivity (Wildman–Crippen MR) is 96.3 cm³/mol. The molecule has 0 aliphatic carbocycles. The summed E-state index contributed by atoms with van der Waals surface area (Å²) in [6.07, 6.45) is 0. The molecule has 0 bridgehead atoms. The van der Waals surface area contributed by atoms with Crippen LogP contribution in [-0.2, 0) is 6.54 Å². The third-order valence-electron chi connectivity index (χ3n) is 4.76. The van der Waals surface area contributed by atoms with Crippen molar-refractivity contribution in [3.63, 3.8) is 0 Å². The Kier molecular flexibility index (Phi) is 5.73. The van der Waals surface area contributed by atoms with Crippen LogP contribution >= 0.6 is 0 Å². The monoisotopic (exact) mass is 359 g/mol. The van der Waals surface area contributed by atoms with Gasteiger partial charge in [0.2, 0.25) is 0 Å². The van der Waals surface area contributed by atoms with Crippen LogP contribution in [0, 0.1) is 5.82 Å². The molecule has 1 heterocycles. The van der Waals surface area contributed by atoms with Crippen LogP contribution in [0.15, 0.2) is 42.5 Å². The summed E-state index contributed by atoms with van der Waals surface area (Å²) in [5, 5.41) is 0. The molecule has 0 spiro atoms. The van der Waals surface area contributed by atoms with Crippen LogP contribution in [0.5, 0.6) is 11.5 Å². The number of ether oxygens (including phenoxy) is 2. The number of carbonyl (C=O) groups excluding carboxylic acids is 1. The van der Waals surface area contributed by atoms with Gasteiger partial charge in [0.05, 0.1) is 46.0 Å². The van der Waals surface area contributed by atoms with E-state index in [1.807, 2.05) is 18.2 Å². The molecule has 1 fully saturated rings. The average Bonchev–Trinajstić information content (AvgIpc) is 2.68. The Morgan fingerprint density at radius 1 is 1.12 bits per heavy atom. The highest BCUT2D eigenvalue weighted by atomic mass is 19.1. The Hall–Kier alpha value is -2.60. The standard InChI is InChI=1S/C20H23FN2O3/c1-25-18-6-7-19(26-2)16(13-18)14-22-8-10-23(11-9-22)20(24)15-4-3-5-17(21)12-15/h3-7,12-13H,8-11,14H2,1-2H3/p+1. The first kappa shape index (κ1) is 18.2. The van der Waals surface area contributed by atoms with Crippen molar-refractivity contribution in [1.29, 1.82) is 0 Å². The first-order valence-electron chi connectivity index (χ1n) is 8.70.